The van der Waals surface area contributed by atoms with Crippen molar-refractivity contribution in [3.63, 3.8) is 0 Å². The van der Waals surface area contributed by atoms with E-state index in [1.807, 2.05) is 0 Å². The van der Waals surface area contributed by atoms with Crippen molar-refractivity contribution in [2.24, 2.45) is 0 Å². The number of esters is 1. The monoisotopic (exact) mass is 184 g/mol. The molecule has 4 heteroatoms. The maximum Gasteiger partial charge on any atom is 0.311 e. The lowest BCUT2D eigenvalue weighted by molar-refractivity contribution is -0.191. The molecule has 0 amide bonds. The summed E-state index contributed by atoms with van der Waals surface area (Å²) in [6, 6.07) is 0. The number of carbonyl (C=O) groups excluding carboxylic acids is 1. The highest BCUT2D eigenvalue weighted by Gasteiger charge is 2.18. The third kappa shape index (κ3) is 3.92. The second-order valence-electron chi connectivity index (χ2n) is 2.59. The smallest absolute Gasteiger partial charge is 0.311 e. The van der Waals surface area contributed by atoms with Crippen LogP contribution < -0.4 is 0 Å². The van der Waals surface area contributed by atoms with Crippen molar-refractivity contribution in [2.45, 2.75) is 19.1 Å². The van der Waals surface area contributed by atoms with E-state index < -0.39 is 6.29 Å². The predicted molar refractivity (Wildman–Crippen MR) is 44.7 cm³/mol. The zero-order valence-electron chi connectivity index (χ0n) is 7.32. The van der Waals surface area contributed by atoms with Crippen LogP contribution in [0.25, 0.3) is 0 Å². The van der Waals surface area contributed by atoms with Gasteiger partial charge in [-0.25, -0.2) is 0 Å². The fraction of sp³-hybridized carbons (Fsp3) is 0.667. The zero-order valence-corrected chi connectivity index (χ0v) is 7.32. The van der Waals surface area contributed by atoms with Crippen molar-refractivity contribution in [3.05, 3.63) is 0 Å². The first-order chi connectivity index (χ1) is 6.33. The van der Waals surface area contributed by atoms with Gasteiger partial charge in [0.25, 0.3) is 0 Å². The molecule has 0 unspecified atom stereocenters. The van der Waals surface area contributed by atoms with Crippen LogP contribution in [-0.2, 0) is 19.0 Å². The van der Waals surface area contributed by atoms with Gasteiger partial charge in [-0.2, -0.15) is 0 Å². The van der Waals surface area contributed by atoms with Gasteiger partial charge in [0.05, 0.1) is 19.6 Å². The summed E-state index contributed by atoms with van der Waals surface area (Å²) in [5.41, 5.74) is 0. The predicted octanol–water partition coefficient (Wildman–Crippen LogP) is 0.316. The summed E-state index contributed by atoms with van der Waals surface area (Å²) in [6.45, 7) is 1.27. The number of ether oxygens (including phenoxy) is 3. The Kier molecular flexibility index (Phi) is 4.30. The fourth-order valence-electron chi connectivity index (χ4n) is 0.972. The normalized spacial score (nSPS) is 17.8. The summed E-state index contributed by atoms with van der Waals surface area (Å²) in [4.78, 5) is 11.0. The van der Waals surface area contributed by atoms with Gasteiger partial charge in [0, 0.05) is 0 Å². The minimum atomic E-state index is -0.459. The van der Waals surface area contributed by atoms with Gasteiger partial charge in [-0.05, 0) is 6.42 Å². The van der Waals surface area contributed by atoms with Crippen molar-refractivity contribution in [2.75, 3.05) is 19.8 Å². The van der Waals surface area contributed by atoms with E-state index in [1.54, 1.807) is 0 Å². The summed E-state index contributed by atoms with van der Waals surface area (Å²) in [6.07, 6.45) is 5.44. The summed E-state index contributed by atoms with van der Waals surface area (Å²) >= 11 is 0. The fourth-order valence-corrected chi connectivity index (χ4v) is 0.972. The van der Waals surface area contributed by atoms with Gasteiger partial charge >= 0.3 is 5.97 Å². The van der Waals surface area contributed by atoms with Gasteiger partial charge in [-0.3, -0.25) is 4.79 Å². The molecule has 1 fully saturated rings. The van der Waals surface area contributed by atoms with Crippen molar-refractivity contribution in [1.29, 1.82) is 0 Å². The number of hydrogen-bond donors (Lipinski definition) is 0. The maximum atomic E-state index is 11.0. The quantitative estimate of drug-likeness (QED) is 0.468. The van der Waals surface area contributed by atoms with E-state index in [9.17, 15) is 4.79 Å². The third-order valence-corrected chi connectivity index (χ3v) is 1.55. The van der Waals surface area contributed by atoms with Crippen LogP contribution in [0.15, 0.2) is 0 Å². The molecule has 0 aliphatic carbocycles. The molecule has 72 valence electrons. The Labute approximate surface area is 77.2 Å². The van der Waals surface area contributed by atoms with Crippen LogP contribution in [0, 0.1) is 12.3 Å². The van der Waals surface area contributed by atoms with E-state index in [1.165, 1.54) is 0 Å². The molecule has 0 aromatic carbocycles. The van der Waals surface area contributed by atoms with Crippen molar-refractivity contribution in [3.8, 4) is 12.3 Å². The Morgan fingerprint density at radius 3 is 2.85 bits per heavy atom. The van der Waals surface area contributed by atoms with Gasteiger partial charge in [0.15, 0.2) is 12.9 Å². The Balaban J connectivity index is 2.15. The first-order valence-corrected chi connectivity index (χ1v) is 4.15. The lowest BCUT2D eigenvalue weighted by atomic mass is 10.4. The largest absolute Gasteiger partial charge is 0.452 e. The molecule has 0 spiro atoms. The molecular formula is C9H12O4. The molecule has 1 saturated heterocycles. The number of rotatable bonds is 3. The molecule has 4 nitrogen and oxygen atoms in total. The average molecular weight is 184 g/mol. The standard InChI is InChI=1S/C9H12O4/c1-2-4-11-8(10)7-9-12-5-3-6-13-9/h1,9H,3-7H2. The van der Waals surface area contributed by atoms with Crippen LogP contribution in [0.1, 0.15) is 12.8 Å². The molecule has 0 saturated carbocycles. The average Bonchev–Trinajstić information content (AvgIpc) is 2.16. The summed E-state index contributed by atoms with van der Waals surface area (Å²) < 4.78 is 15.0. The molecule has 0 bridgehead atoms. The number of carbonyl (C=O) groups is 1. The highest BCUT2D eigenvalue weighted by atomic mass is 16.7. The highest BCUT2D eigenvalue weighted by molar-refractivity contribution is 5.69. The summed E-state index contributed by atoms with van der Waals surface area (Å²) in [5, 5.41) is 0. The van der Waals surface area contributed by atoms with Crippen molar-refractivity contribution in [1.82, 2.24) is 0 Å². The summed E-state index contributed by atoms with van der Waals surface area (Å²) in [7, 11) is 0. The minimum absolute atomic E-state index is 0.00551. The van der Waals surface area contributed by atoms with Gasteiger partial charge in [-0.15, -0.1) is 6.42 Å². The topological polar surface area (TPSA) is 44.8 Å². The third-order valence-electron chi connectivity index (χ3n) is 1.55. The van der Waals surface area contributed by atoms with E-state index in [2.05, 4.69) is 10.7 Å². The summed E-state index contributed by atoms with van der Waals surface area (Å²) in [5.74, 6) is 1.83. The van der Waals surface area contributed by atoms with Crippen molar-refractivity contribution >= 4 is 5.97 Å². The van der Waals surface area contributed by atoms with Crippen LogP contribution >= 0.6 is 0 Å². The molecule has 0 N–H and O–H groups in total. The molecule has 13 heavy (non-hydrogen) atoms. The molecule has 1 rings (SSSR count). The molecule has 0 aromatic heterocycles. The minimum Gasteiger partial charge on any atom is -0.452 e. The second-order valence-corrected chi connectivity index (χ2v) is 2.59. The molecule has 1 aliphatic heterocycles. The Bertz CT molecular complexity index is 200. The Morgan fingerprint density at radius 1 is 1.54 bits per heavy atom. The molecule has 0 aromatic rings. The van der Waals surface area contributed by atoms with Crippen molar-refractivity contribution < 1.29 is 19.0 Å². The Hall–Kier alpha value is -1.05. The molecule has 0 atom stereocenters. The Morgan fingerprint density at radius 2 is 2.23 bits per heavy atom. The van der Waals surface area contributed by atoms with E-state index in [4.69, 9.17) is 15.9 Å². The maximum absolute atomic E-state index is 11.0. The van der Waals surface area contributed by atoms with Crippen LogP contribution in [0.2, 0.25) is 0 Å². The molecule has 1 heterocycles. The SMILES string of the molecule is C#CCOC(=O)CC1OCCCO1. The van der Waals surface area contributed by atoms with Crippen LogP contribution in [0.4, 0.5) is 0 Å². The van der Waals surface area contributed by atoms with Gasteiger partial charge in [0.2, 0.25) is 0 Å². The van der Waals surface area contributed by atoms with Gasteiger partial charge in [-0.1, -0.05) is 5.92 Å². The van der Waals surface area contributed by atoms with E-state index in [-0.39, 0.29) is 19.0 Å². The zero-order chi connectivity index (χ0) is 9.52. The first-order valence-electron chi connectivity index (χ1n) is 4.15. The van der Waals surface area contributed by atoms with Crippen LogP contribution in [0.5, 0.6) is 0 Å². The first kappa shape index (κ1) is 10.0. The van der Waals surface area contributed by atoms with E-state index >= 15 is 0 Å². The molecule has 1 aliphatic rings. The van der Waals surface area contributed by atoms with E-state index in [0.29, 0.717) is 13.2 Å². The number of terminal acetylenes is 1. The second kappa shape index (κ2) is 5.57. The lowest BCUT2D eigenvalue weighted by Gasteiger charge is -2.21. The lowest BCUT2D eigenvalue weighted by Crippen LogP contribution is -2.28. The van der Waals surface area contributed by atoms with Crippen LogP contribution in [-0.4, -0.2) is 32.1 Å². The van der Waals surface area contributed by atoms with E-state index in [0.717, 1.165) is 6.42 Å². The molecular weight excluding hydrogens is 172 g/mol. The molecule has 0 radical (unpaired) electrons. The highest BCUT2D eigenvalue weighted by Crippen LogP contribution is 2.08. The van der Waals surface area contributed by atoms with Crippen LogP contribution in [0.3, 0.4) is 0 Å². The van der Waals surface area contributed by atoms with Gasteiger partial charge in [0.1, 0.15) is 0 Å². The van der Waals surface area contributed by atoms with Gasteiger partial charge < -0.3 is 14.2 Å². The number of hydrogen-bond acceptors (Lipinski definition) is 4.